The molecule has 0 unspecified atom stereocenters. The van der Waals surface area contributed by atoms with E-state index < -0.39 is 0 Å². The molecule has 0 aliphatic rings. The molecule has 0 saturated carbocycles. The lowest BCUT2D eigenvalue weighted by atomic mass is 9.90. The third-order valence-electron chi connectivity index (χ3n) is 4.04. The smallest absolute Gasteiger partial charge is 0.157 e. The lowest BCUT2D eigenvalue weighted by molar-refractivity contribution is -0.124. The van der Waals surface area contributed by atoms with Gasteiger partial charge in [0.1, 0.15) is 28.3 Å². The molecule has 6 heteroatoms. The maximum Gasteiger partial charge on any atom is 0.157 e. The molecule has 4 nitrogen and oxygen atoms in total. The van der Waals surface area contributed by atoms with Crippen molar-refractivity contribution in [3.63, 3.8) is 0 Å². The molecule has 28 heavy (non-hydrogen) atoms. The van der Waals surface area contributed by atoms with Crippen LogP contribution in [0.2, 0.25) is 0 Å². The SMILES string of the molecule is CN(CC(=O)C(C)(C)C)c1ccc(Oc2ccc(OCC=C(Cl)Cl)cc2)cc1. The van der Waals surface area contributed by atoms with Gasteiger partial charge in [-0.3, -0.25) is 4.79 Å². The highest BCUT2D eigenvalue weighted by molar-refractivity contribution is 6.55. The van der Waals surface area contributed by atoms with Crippen molar-refractivity contribution in [1.29, 1.82) is 0 Å². The molecular weight excluding hydrogens is 397 g/mol. The molecule has 0 aliphatic carbocycles. The highest BCUT2D eigenvalue weighted by Gasteiger charge is 2.22. The number of Topliss-reactive ketones (excluding diaryl/α,β-unsaturated/α-hetero) is 1. The fourth-order valence-corrected chi connectivity index (χ4v) is 2.38. The van der Waals surface area contributed by atoms with E-state index in [1.54, 1.807) is 6.08 Å². The van der Waals surface area contributed by atoms with Crippen molar-refractivity contribution in [3.05, 3.63) is 59.1 Å². The molecular formula is C22H25Cl2NO3. The predicted octanol–water partition coefficient (Wildman–Crippen LogP) is 6.23. The van der Waals surface area contributed by atoms with Crippen LogP contribution in [0.4, 0.5) is 5.69 Å². The Labute approximate surface area is 176 Å². The van der Waals surface area contributed by atoms with Gasteiger partial charge in [-0.2, -0.15) is 0 Å². The van der Waals surface area contributed by atoms with Gasteiger partial charge in [-0.05, 0) is 54.6 Å². The van der Waals surface area contributed by atoms with E-state index in [2.05, 4.69) is 0 Å². The second-order valence-corrected chi connectivity index (χ2v) is 8.41. The molecule has 0 saturated heterocycles. The number of anilines is 1. The van der Waals surface area contributed by atoms with Gasteiger partial charge in [0.05, 0.1) is 6.54 Å². The van der Waals surface area contributed by atoms with Gasteiger partial charge < -0.3 is 14.4 Å². The average Bonchev–Trinajstić information content (AvgIpc) is 2.62. The van der Waals surface area contributed by atoms with Crippen LogP contribution in [0.3, 0.4) is 0 Å². The number of ketones is 1. The molecule has 0 radical (unpaired) electrons. The number of rotatable bonds is 8. The summed E-state index contributed by atoms with van der Waals surface area (Å²) in [7, 11) is 1.91. The van der Waals surface area contributed by atoms with Crippen molar-refractivity contribution in [2.75, 3.05) is 25.1 Å². The minimum Gasteiger partial charge on any atom is -0.489 e. The average molecular weight is 422 g/mol. The number of carbonyl (C=O) groups is 1. The number of halogens is 2. The molecule has 2 aromatic rings. The van der Waals surface area contributed by atoms with Gasteiger partial charge in [0.25, 0.3) is 0 Å². The lowest BCUT2D eigenvalue weighted by Gasteiger charge is -2.24. The Bertz CT molecular complexity index is 805. The first-order valence-corrected chi connectivity index (χ1v) is 9.67. The third kappa shape index (κ3) is 7.10. The van der Waals surface area contributed by atoms with Crippen LogP contribution in [0.15, 0.2) is 59.1 Å². The molecule has 150 valence electrons. The number of hydrogen-bond donors (Lipinski definition) is 0. The molecule has 0 aliphatic heterocycles. The van der Waals surface area contributed by atoms with Crippen LogP contribution in [-0.2, 0) is 4.79 Å². The topological polar surface area (TPSA) is 38.8 Å². The van der Waals surface area contributed by atoms with Crippen LogP contribution in [0.25, 0.3) is 0 Å². The lowest BCUT2D eigenvalue weighted by Crippen LogP contribution is -2.33. The second-order valence-electron chi connectivity index (χ2n) is 7.40. The summed E-state index contributed by atoms with van der Waals surface area (Å²) in [5.74, 6) is 2.30. The highest BCUT2D eigenvalue weighted by Crippen LogP contribution is 2.26. The molecule has 0 amide bonds. The van der Waals surface area contributed by atoms with E-state index in [9.17, 15) is 4.79 Å². The van der Waals surface area contributed by atoms with Gasteiger partial charge in [0.2, 0.25) is 0 Å². The first-order valence-electron chi connectivity index (χ1n) is 8.91. The van der Waals surface area contributed by atoms with Gasteiger partial charge in [-0.25, -0.2) is 0 Å². The standard InChI is InChI=1S/C22H25Cl2NO3/c1-22(2,3)20(26)15-25(4)16-5-7-18(8-6-16)28-19-11-9-17(10-12-19)27-14-13-21(23)24/h5-13H,14-15H2,1-4H3. The van der Waals surface area contributed by atoms with Crippen molar-refractivity contribution < 1.29 is 14.3 Å². The van der Waals surface area contributed by atoms with E-state index in [1.807, 2.05) is 81.2 Å². The molecule has 0 heterocycles. The molecule has 2 rings (SSSR count). The highest BCUT2D eigenvalue weighted by atomic mass is 35.5. The maximum absolute atomic E-state index is 12.2. The first kappa shape index (κ1) is 22.1. The van der Waals surface area contributed by atoms with E-state index >= 15 is 0 Å². The fourth-order valence-electron chi connectivity index (χ4n) is 2.25. The van der Waals surface area contributed by atoms with Crippen molar-refractivity contribution >= 4 is 34.7 Å². The number of nitrogens with zero attached hydrogens (tertiary/aromatic N) is 1. The largest absolute Gasteiger partial charge is 0.489 e. The summed E-state index contributed by atoms with van der Waals surface area (Å²) in [4.78, 5) is 14.1. The Kier molecular flexibility index (Phi) is 7.78. The van der Waals surface area contributed by atoms with Gasteiger partial charge in [0.15, 0.2) is 5.78 Å². The summed E-state index contributed by atoms with van der Waals surface area (Å²) in [6.07, 6.45) is 1.57. The zero-order chi connectivity index (χ0) is 20.7. The van der Waals surface area contributed by atoms with Gasteiger partial charge in [-0.1, -0.05) is 44.0 Å². The second kappa shape index (κ2) is 9.85. The number of benzene rings is 2. The molecule has 0 spiro atoms. The fraction of sp³-hybridized carbons (Fsp3) is 0.318. The molecule has 0 aromatic heterocycles. The van der Waals surface area contributed by atoms with Crippen LogP contribution in [0.5, 0.6) is 17.2 Å². The first-order chi connectivity index (χ1) is 13.1. The van der Waals surface area contributed by atoms with Crippen LogP contribution in [0.1, 0.15) is 20.8 Å². The van der Waals surface area contributed by atoms with Crippen molar-refractivity contribution in [2.24, 2.45) is 5.41 Å². The quantitative estimate of drug-likeness (QED) is 0.506. The predicted molar refractivity (Wildman–Crippen MR) is 116 cm³/mol. The van der Waals surface area contributed by atoms with E-state index in [0.717, 1.165) is 5.69 Å². The van der Waals surface area contributed by atoms with Gasteiger partial charge in [-0.15, -0.1) is 0 Å². The monoisotopic (exact) mass is 421 g/mol. The van der Waals surface area contributed by atoms with Crippen LogP contribution >= 0.6 is 23.2 Å². The van der Waals surface area contributed by atoms with E-state index in [0.29, 0.717) is 30.4 Å². The maximum atomic E-state index is 12.2. The summed E-state index contributed by atoms with van der Waals surface area (Å²) in [5.41, 5.74) is 0.611. The zero-order valence-electron chi connectivity index (χ0n) is 16.5. The molecule has 0 N–H and O–H groups in total. The molecule has 2 aromatic carbocycles. The number of carbonyl (C=O) groups excluding carboxylic acids is 1. The Morgan fingerprint density at radius 2 is 1.46 bits per heavy atom. The Morgan fingerprint density at radius 1 is 0.964 bits per heavy atom. The van der Waals surface area contributed by atoms with Gasteiger partial charge in [0, 0.05) is 18.2 Å². The summed E-state index contributed by atoms with van der Waals surface area (Å²) in [6.45, 7) is 6.46. The number of ether oxygens (including phenoxy) is 2. The van der Waals surface area contributed by atoms with Gasteiger partial charge >= 0.3 is 0 Å². The molecule has 0 bridgehead atoms. The minimum atomic E-state index is -0.348. The Hall–Kier alpha value is -2.17. The number of hydrogen-bond acceptors (Lipinski definition) is 4. The third-order valence-corrected chi connectivity index (χ3v) is 4.35. The Morgan fingerprint density at radius 3 is 1.96 bits per heavy atom. The zero-order valence-corrected chi connectivity index (χ0v) is 18.1. The van der Waals surface area contributed by atoms with Crippen LogP contribution in [0, 0.1) is 5.41 Å². The van der Waals surface area contributed by atoms with Crippen molar-refractivity contribution in [2.45, 2.75) is 20.8 Å². The Balaban J connectivity index is 1.93. The summed E-state index contributed by atoms with van der Waals surface area (Å²) < 4.78 is 11.5. The van der Waals surface area contributed by atoms with E-state index in [4.69, 9.17) is 32.7 Å². The summed E-state index contributed by atoms with van der Waals surface area (Å²) in [6, 6.07) is 14.9. The summed E-state index contributed by atoms with van der Waals surface area (Å²) in [5, 5.41) is 0. The van der Waals surface area contributed by atoms with E-state index in [-0.39, 0.29) is 15.7 Å². The van der Waals surface area contributed by atoms with Crippen LogP contribution in [-0.4, -0.2) is 26.0 Å². The molecule has 0 fully saturated rings. The number of likely N-dealkylation sites (N-methyl/N-ethyl adjacent to an activating group) is 1. The summed E-state index contributed by atoms with van der Waals surface area (Å²) >= 11 is 11.1. The molecule has 0 atom stereocenters. The van der Waals surface area contributed by atoms with Crippen molar-refractivity contribution in [1.82, 2.24) is 0 Å². The van der Waals surface area contributed by atoms with E-state index in [1.165, 1.54) is 0 Å². The van der Waals surface area contributed by atoms with Crippen LogP contribution < -0.4 is 14.4 Å². The normalized spacial score (nSPS) is 10.9. The minimum absolute atomic E-state index is 0.178. The van der Waals surface area contributed by atoms with Crippen molar-refractivity contribution in [3.8, 4) is 17.2 Å².